The zero-order valence-electron chi connectivity index (χ0n) is 49.9. The Hall–Kier alpha value is -7.98. The van der Waals surface area contributed by atoms with Crippen LogP contribution in [0.5, 0.6) is 11.5 Å². The number of aromatic nitrogens is 2. The Bertz CT molecular complexity index is 4080. The number of hydrogen-bond donors (Lipinski definition) is 0. The number of anilines is 4. The Kier molecular flexibility index (Phi) is 14.8. The van der Waals surface area contributed by atoms with Crippen LogP contribution in [-0.4, -0.2) is 9.55 Å². The van der Waals surface area contributed by atoms with E-state index in [1.54, 1.807) is 0 Å². The van der Waals surface area contributed by atoms with E-state index < -0.39 is 5.41 Å². The summed E-state index contributed by atoms with van der Waals surface area (Å²) in [7, 11) is 0. The molecule has 5 nitrogen and oxygen atoms in total. The van der Waals surface area contributed by atoms with Gasteiger partial charge in [0.1, 0.15) is 5.82 Å². The molecule has 0 N–H and O–H groups in total. The van der Waals surface area contributed by atoms with Gasteiger partial charge in [0.05, 0.1) is 0 Å². The van der Waals surface area contributed by atoms with Crippen molar-refractivity contribution in [1.82, 2.24) is 9.55 Å². The Morgan fingerprint density at radius 3 is 1.51 bits per heavy atom. The average molecular weight is 1270 g/mol. The summed E-state index contributed by atoms with van der Waals surface area (Å²) in [4.78, 5) is 9.73. The molecule has 0 fully saturated rings. The summed E-state index contributed by atoms with van der Waals surface area (Å²) >= 11 is 0. The molecule has 0 unspecified atom stereocenters. The predicted octanol–water partition coefficient (Wildman–Crippen LogP) is 20.2. The van der Waals surface area contributed by atoms with Crippen LogP contribution in [0.25, 0.3) is 38.8 Å². The second-order valence-corrected chi connectivity index (χ2v) is 25.9. The molecule has 1 aliphatic rings. The van der Waals surface area contributed by atoms with Crippen LogP contribution in [0.2, 0.25) is 0 Å². The topological polar surface area (TPSA) is 33.5 Å². The maximum Gasteiger partial charge on any atom is 0.135 e. The van der Waals surface area contributed by atoms with Gasteiger partial charge < -0.3 is 19.1 Å². The third kappa shape index (κ3) is 10.7. The van der Waals surface area contributed by atoms with Crippen LogP contribution in [0.4, 0.5) is 22.7 Å². The molecule has 0 aliphatic carbocycles. The van der Waals surface area contributed by atoms with Gasteiger partial charge in [-0.15, -0.1) is 53.6 Å². The summed E-state index contributed by atoms with van der Waals surface area (Å²) in [6.45, 7) is 29.9. The van der Waals surface area contributed by atoms with Crippen molar-refractivity contribution < 1.29 is 25.8 Å². The molecule has 11 aromatic rings. The Morgan fingerprint density at radius 1 is 0.398 bits per heavy atom. The number of ether oxygens (including phenoxy) is 1. The quantitative estimate of drug-likeness (QED) is 0.114. The third-order valence-corrected chi connectivity index (χ3v) is 17.3. The first kappa shape index (κ1) is 56.9. The van der Waals surface area contributed by atoms with Crippen LogP contribution >= 0.6 is 0 Å². The van der Waals surface area contributed by atoms with E-state index in [1.165, 1.54) is 44.5 Å². The maximum absolute atomic E-state index is 7.17. The zero-order chi connectivity index (χ0) is 57.3. The van der Waals surface area contributed by atoms with E-state index in [2.05, 4.69) is 323 Å². The van der Waals surface area contributed by atoms with Gasteiger partial charge >= 0.3 is 0 Å². The summed E-state index contributed by atoms with van der Waals surface area (Å²) in [5.74, 6) is 2.01. The zero-order valence-corrected chi connectivity index (χ0v) is 52.1. The van der Waals surface area contributed by atoms with Gasteiger partial charge in [0, 0.05) is 72.2 Å². The minimum absolute atomic E-state index is 0. The molecule has 1 aliphatic heterocycles. The van der Waals surface area contributed by atoms with E-state index in [1.807, 2.05) is 12.3 Å². The van der Waals surface area contributed by atoms with Crippen LogP contribution in [0, 0.1) is 18.8 Å². The molecule has 3 heterocycles. The average Bonchev–Trinajstić information content (AvgIpc) is 2.68. The van der Waals surface area contributed by atoms with Gasteiger partial charge in [-0.1, -0.05) is 234 Å². The molecule has 0 saturated carbocycles. The van der Waals surface area contributed by atoms with Crippen LogP contribution in [0.15, 0.2) is 219 Å². The van der Waals surface area contributed by atoms with Crippen LogP contribution in [-0.2, 0) is 48.1 Å². The monoisotopic (exact) mass is 1260 g/mol. The van der Waals surface area contributed by atoms with Gasteiger partial charge in [0.2, 0.25) is 0 Å². The number of hydrogen-bond acceptors (Lipinski definition) is 4. The molecule has 6 heteroatoms. The van der Waals surface area contributed by atoms with Crippen molar-refractivity contribution in [3.63, 3.8) is 0 Å². The van der Waals surface area contributed by atoms with Gasteiger partial charge in [-0.05, 0) is 114 Å². The van der Waals surface area contributed by atoms with E-state index in [9.17, 15) is 0 Å². The second-order valence-electron chi connectivity index (χ2n) is 25.9. The number of fused-ring (bicyclic) bond motifs is 4. The smallest absolute Gasteiger partial charge is 0.135 e. The summed E-state index contributed by atoms with van der Waals surface area (Å²) < 4.78 is 9.41. The van der Waals surface area contributed by atoms with Gasteiger partial charge in [-0.3, -0.25) is 0 Å². The van der Waals surface area contributed by atoms with Crippen molar-refractivity contribution in [2.24, 2.45) is 0 Å². The molecule has 12 rings (SSSR count). The number of rotatable bonds is 12. The number of benzene rings is 9. The fourth-order valence-electron chi connectivity index (χ4n) is 11.8. The molecule has 83 heavy (non-hydrogen) atoms. The molecule has 0 spiro atoms. The Morgan fingerprint density at radius 2 is 0.940 bits per heavy atom. The van der Waals surface area contributed by atoms with Crippen molar-refractivity contribution in [3.8, 4) is 28.4 Å². The fourth-order valence-corrected chi connectivity index (χ4v) is 11.8. The van der Waals surface area contributed by atoms with Crippen molar-refractivity contribution in [3.05, 3.63) is 282 Å². The van der Waals surface area contributed by atoms with Gasteiger partial charge in [0.25, 0.3) is 0 Å². The van der Waals surface area contributed by atoms with E-state index in [-0.39, 0.29) is 42.7 Å². The van der Waals surface area contributed by atoms with Crippen LogP contribution < -0.4 is 14.5 Å². The van der Waals surface area contributed by atoms with Crippen molar-refractivity contribution in [1.29, 1.82) is 0 Å². The molecule has 0 amide bonds. The minimum atomic E-state index is -0.420. The van der Waals surface area contributed by atoms with E-state index in [0.29, 0.717) is 11.5 Å². The van der Waals surface area contributed by atoms with Crippen LogP contribution in [0.1, 0.15) is 128 Å². The number of nitrogens with zero attached hydrogens (tertiary/aromatic N) is 4. The maximum atomic E-state index is 7.17. The molecule has 0 atom stereocenters. The third-order valence-electron chi connectivity index (χ3n) is 17.3. The first-order valence-corrected chi connectivity index (χ1v) is 28.8. The fraction of sp³-hybridized carbons (Fsp3) is 0.221. The molecular weight excluding hydrogens is 1190 g/mol. The summed E-state index contributed by atoms with van der Waals surface area (Å²) in [6.07, 6.45) is 1.92. The van der Waals surface area contributed by atoms with Gasteiger partial charge in [-0.2, -0.15) is 6.07 Å². The summed E-state index contributed by atoms with van der Waals surface area (Å²) in [5.41, 5.74) is 16.9. The molecule has 2 aromatic heterocycles. The molecular formula is C77H73N4OPt-3. The van der Waals surface area contributed by atoms with Crippen molar-refractivity contribution >= 4 is 44.6 Å². The van der Waals surface area contributed by atoms with Crippen molar-refractivity contribution in [2.45, 2.75) is 110 Å². The first-order chi connectivity index (χ1) is 39.1. The van der Waals surface area contributed by atoms with Gasteiger partial charge in [-0.25, -0.2) is 4.98 Å². The van der Waals surface area contributed by atoms with Crippen molar-refractivity contribution in [2.75, 3.05) is 9.80 Å². The standard InChI is InChI=1S/C77H73N4O.Pt/c1-73(2,3)57-34-38-69-71(47-57)80(62-43-59(75(7,8)54-27-19-14-20-28-54)42-60(44-62)76(9,10)55-29-21-15-22-30-55)51-79(69)63-45-61(77(11,12)56-31-23-16-24-32-56)46-65(49-63)82-64-35-36-66-67-41-53(52-25-17-13-18-26-52)33-37-68(67)81(70(66)50-64)72-48-58(39-40-78-72)74(4,5)6;/h13-48,51H,1-12H3;/q-3;. The second kappa shape index (κ2) is 21.6. The SMILES string of the molecule is CC(C)(C)c1ccnc(-n2c3[c-]c(Oc4[c-]c(N5[CH-]N(c6cc(C(C)(C)c7ccccc7)cc(C(C)(C)c7ccccc7)c6)c6cc(C(C)(C)C)ccc65)cc(C(C)(C)c5ccccc5)c4)ccc3c3cc(-c4ccccc4)ccc32)c1.[Pt]. The molecule has 9 aromatic carbocycles. The minimum Gasteiger partial charge on any atom is -0.509 e. The predicted molar refractivity (Wildman–Crippen MR) is 343 cm³/mol. The Balaban J connectivity index is 0.00000721. The van der Waals surface area contributed by atoms with E-state index in [4.69, 9.17) is 9.72 Å². The largest absolute Gasteiger partial charge is 0.509 e. The van der Waals surface area contributed by atoms with Gasteiger partial charge in [0.15, 0.2) is 0 Å². The van der Waals surface area contributed by atoms with Crippen LogP contribution in [0.3, 0.4) is 0 Å². The molecule has 420 valence electrons. The van der Waals surface area contributed by atoms with E-state index in [0.717, 1.165) is 61.5 Å². The molecule has 0 bridgehead atoms. The molecule has 0 saturated heterocycles. The number of pyridine rings is 1. The summed E-state index contributed by atoms with van der Waals surface area (Å²) in [5, 5.41) is 2.19. The Labute approximate surface area is 506 Å². The summed E-state index contributed by atoms with van der Waals surface area (Å²) in [6, 6.07) is 84.7. The normalized spacial score (nSPS) is 13.1. The van der Waals surface area contributed by atoms with E-state index >= 15 is 0 Å². The first-order valence-electron chi connectivity index (χ1n) is 28.8. The molecule has 0 radical (unpaired) electrons.